The zero-order chi connectivity index (χ0) is 13.8. The number of methoxy groups -OCH3 is 1. The molecular weight excluding hydrogens is 244 g/mol. The highest BCUT2D eigenvalue weighted by Crippen LogP contribution is 2.30. The summed E-state index contributed by atoms with van der Waals surface area (Å²) >= 11 is 0. The van der Waals surface area contributed by atoms with Crippen molar-refractivity contribution in [1.82, 2.24) is 4.98 Å². The molecule has 0 aliphatic carbocycles. The van der Waals surface area contributed by atoms with Crippen molar-refractivity contribution in [2.45, 2.75) is 13.3 Å². The predicted molar refractivity (Wildman–Crippen MR) is 73.8 cm³/mol. The Hall–Kier alpha value is -2.30. The van der Waals surface area contributed by atoms with Gasteiger partial charge in [0, 0.05) is 23.8 Å². The van der Waals surface area contributed by atoms with Gasteiger partial charge in [0.25, 0.3) is 0 Å². The molecule has 2 rings (SSSR count). The summed E-state index contributed by atoms with van der Waals surface area (Å²) in [5.74, 6) is -0.111. The average molecular weight is 260 g/mol. The number of anilines is 1. The van der Waals surface area contributed by atoms with Gasteiger partial charge in [-0.15, -0.1) is 0 Å². The van der Waals surface area contributed by atoms with Crippen molar-refractivity contribution >= 4 is 22.6 Å². The van der Waals surface area contributed by atoms with Crippen molar-refractivity contribution in [2.75, 3.05) is 19.0 Å². The standard InChI is InChI=1S/C14H16N2O3/c1-9-8-16-14-10(4-3-5-11(14)19-2)13(9)15-7-6-12(17)18/h3-5,8H,6-7H2,1-2H3,(H,15,16)(H,17,18). The third kappa shape index (κ3) is 2.76. The molecule has 2 N–H and O–H groups in total. The molecule has 0 bridgehead atoms. The molecule has 0 amide bonds. The van der Waals surface area contributed by atoms with Crippen molar-refractivity contribution in [2.24, 2.45) is 0 Å². The molecule has 0 saturated heterocycles. The number of fused-ring (bicyclic) bond motifs is 1. The summed E-state index contributed by atoms with van der Waals surface area (Å²) in [5.41, 5.74) is 2.66. The number of para-hydroxylation sites is 1. The first-order valence-electron chi connectivity index (χ1n) is 6.01. The van der Waals surface area contributed by atoms with E-state index < -0.39 is 5.97 Å². The number of carbonyl (C=O) groups is 1. The fourth-order valence-corrected chi connectivity index (χ4v) is 1.99. The second kappa shape index (κ2) is 5.56. The third-order valence-electron chi connectivity index (χ3n) is 2.91. The first-order valence-corrected chi connectivity index (χ1v) is 6.01. The lowest BCUT2D eigenvalue weighted by Crippen LogP contribution is -2.09. The number of rotatable bonds is 5. The highest BCUT2D eigenvalue weighted by molar-refractivity contribution is 5.96. The van der Waals surface area contributed by atoms with Gasteiger partial charge >= 0.3 is 5.97 Å². The van der Waals surface area contributed by atoms with Crippen molar-refractivity contribution in [1.29, 1.82) is 0 Å². The Kier molecular flexibility index (Phi) is 3.85. The highest BCUT2D eigenvalue weighted by atomic mass is 16.5. The lowest BCUT2D eigenvalue weighted by Gasteiger charge is -2.13. The van der Waals surface area contributed by atoms with Crippen LogP contribution in [0, 0.1) is 6.92 Å². The van der Waals surface area contributed by atoms with Gasteiger partial charge in [0.05, 0.1) is 13.5 Å². The zero-order valence-electron chi connectivity index (χ0n) is 10.9. The second-order valence-corrected chi connectivity index (χ2v) is 4.24. The van der Waals surface area contributed by atoms with Crippen molar-refractivity contribution in [3.63, 3.8) is 0 Å². The summed E-state index contributed by atoms with van der Waals surface area (Å²) in [7, 11) is 1.61. The number of aromatic nitrogens is 1. The number of pyridine rings is 1. The van der Waals surface area contributed by atoms with E-state index in [1.807, 2.05) is 25.1 Å². The molecule has 100 valence electrons. The van der Waals surface area contributed by atoms with E-state index in [0.29, 0.717) is 12.3 Å². The number of aryl methyl sites for hydroxylation is 1. The molecule has 1 aromatic heterocycles. The van der Waals surface area contributed by atoms with Gasteiger partial charge in [0.2, 0.25) is 0 Å². The van der Waals surface area contributed by atoms with E-state index in [2.05, 4.69) is 10.3 Å². The van der Waals surface area contributed by atoms with E-state index in [0.717, 1.165) is 22.2 Å². The quantitative estimate of drug-likeness (QED) is 0.864. The van der Waals surface area contributed by atoms with Gasteiger partial charge in [0.1, 0.15) is 11.3 Å². The number of ether oxygens (including phenoxy) is 1. The van der Waals surface area contributed by atoms with Crippen LogP contribution in [0.15, 0.2) is 24.4 Å². The molecule has 0 spiro atoms. The molecule has 0 unspecified atom stereocenters. The SMILES string of the molecule is COc1cccc2c(NCCC(=O)O)c(C)cnc12. The molecule has 0 saturated carbocycles. The predicted octanol–water partition coefficient (Wildman–Crippen LogP) is 2.44. The van der Waals surface area contributed by atoms with Crippen molar-refractivity contribution < 1.29 is 14.6 Å². The van der Waals surface area contributed by atoms with Crippen LogP contribution in [0.2, 0.25) is 0 Å². The van der Waals surface area contributed by atoms with Crippen LogP contribution in [0.3, 0.4) is 0 Å². The topological polar surface area (TPSA) is 71.5 Å². The average Bonchev–Trinajstić information content (AvgIpc) is 2.40. The largest absolute Gasteiger partial charge is 0.494 e. The summed E-state index contributed by atoms with van der Waals surface area (Å²) < 4.78 is 5.28. The zero-order valence-corrected chi connectivity index (χ0v) is 10.9. The van der Waals surface area contributed by atoms with E-state index in [9.17, 15) is 4.79 Å². The molecule has 1 aromatic carbocycles. The number of nitrogens with zero attached hydrogens (tertiary/aromatic N) is 1. The smallest absolute Gasteiger partial charge is 0.305 e. The molecule has 0 atom stereocenters. The van der Waals surface area contributed by atoms with Crippen LogP contribution in [-0.2, 0) is 4.79 Å². The Morgan fingerprint density at radius 1 is 1.47 bits per heavy atom. The van der Waals surface area contributed by atoms with Gasteiger partial charge in [-0.1, -0.05) is 12.1 Å². The minimum atomic E-state index is -0.818. The van der Waals surface area contributed by atoms with Crippen LogP contribution < -0.4 is 10.1 Å². The summed E-state index contributed by atoms with van der Waals surface area (Å²) in [5, 5.41) is 12.8. The lowest BCUT2D eigenvalue weighted by atomic mass is 10.1. The molecule has 5 heteroatoms. The van der Waals surface area contributed by atoms with E-state index in [-0.39, 0.29) is 6.42 Å². The highest BCUT2D eigenvalue weighted by Gasteiger charge is 2.09. The van der Waals surface area contributed by atoms with Crippen LogP contribution in [0.1, 0.15) is 12.0 Å². The molecule has 0 aliphatic heterocycles. The van der Waals surface area contributed by atoms with E-state index >= 15 is 0 Å². The molecule has 0 aliphatic rings. The van der Waals surface area contributed by atoms with E-state index in [4.69, 9.17) is 9.84 Å². The maximum atomic E-state index is 10.6. The van der Waals surface area contributed by atoms with Crippen LogP contribution in [0.4, 0.5) is 5.69 Å². The maximum Gasteiger partial charge on any atom is 0.305 e. The van der Waals surface area contributed by atoms with E-state index in [1.165, 1.54) is 0 Å². The Morgan fingerprint density at radius 2 is 2.26 bits per heavy atom. The number of nitrogens with one attached hydrogen (secondary N) is 1. The molecular formula is C14H16N2O3. The molecule has 1 heterocycles. The first kappa shape index (κ1) is 13.1. The van der Waals surface area contributed by atoms with Crippen LogP contribution in [0.5, 0.6) is 5.75 Å². The van der Waals surface area contributed by atoms with E-state index in [1.54, 1.807) is 13.3 Å². The Bertz CT molecular complexity index is 611. The molecule has 19 heavy (non-hydrogen) atoms. The fourth-order valence-electron chi connectivity index (χ4n) is 1.99. The van der Waals surface area contributed by atoms with Gasteiger partial charge in [0.15, 0.2) is 0 Å². The molecule has 5 nitrogen and oxygen atoms in total. The number of carboxylic acid groups (broad SMARTS) is 1. The molecule has 2 aromatic rings. The maximum absolute atomic E-state index is 10.6. The Balaban J connectivity index is 2.41. The first-order chi connectivity index (χ1) is 9.13. The second-order valence-electron chi connectivity index (χ2n) is 4.24. The van der Waals surface area contributed by atoms with Crippen molar-refractivity contribution in [3.8, 4) is 5.75 Å². The van der Waals surface area contributed by atoms with Gasteiger partial charge in [-0.3, -0.25) is 9.78 Å². The normalized spacial score (nSPS) is 10.4. The number of hydrogen-bond donors (Lipinski definition) is 2. The van der Waals surface area contributed by atoms with Gasteiger partial charge < -0.3 is 15.2 Å². The Labute approximate surface area is 111 Å². The summed E-state index contributed by atoms with van der Waals surface area (Å²) in [6, 6.07) is 5.69. The van der Waals surface area contributed by atoms with Crippen LogP contribution in [-0.4, -0.2) is 29.7 Å². The van der Waals surface area contributed by atoms with Gasteiger partial charge in [-0.25, -0.2) is 0 Å². The van der Waals surface area contributed by atoms with Crippen molar-refractivity contribution in [3.05, 3.63) is 30.0 Å². The third-order valence-corrected chi connectivity index (χ3v) is 2.91. The molecule has 0 fully saturated rings. The monoisotopic (exact) mass is 260 g/mol. The summed E-state index contributed by atoms with van der Waals surface area (Å²) in [6.07, 6.45) is 1.83. The Morgan fingerprint density at radius 3 is 2.95 bits per heavy atom. The van der Waals surface area contributed by atoms with Crippen LogP contribution >= 0.6 is 0 Å². The van der Waals surface area contributed by atoms with Crippen LogP contribution in [0.25, 0.3) is 10.9 Å². The fraction of sp³-hybridized carbons (Fsp3) is 0.286. The number of benzene rings is 1. The van der Waals surface area contributed by atoms with Gasteiger partial charge in [-0.2, -0.15) is 0 Å². The molecule has 0 radical (unpaired) electrons. The summed E-state index contributed by atoms with van der Waals surface area (Å²) in [6.45, 7) is 2.32. The number of aliphatic carboxylic acids is 1. The minimum absolute atomic E-state index is 0.0766. The lowest BCUT2D eigenvalue weighted by molar-refractivity contribution is -0.136. The minimum Gasteiger partial charge on any atom is -0.494 e. The van der Waals surface area contributed by atoms with Gasteiger partial charge in [-0.05, 0) is 18.6 Å². The summed E-state index contributed by atoms with van der Waals surface area (Å²) in [4.78, 5) is 14.9. The number of hydrogen-bond acceptors (Lipinski definition) is 4. The number of carboxylic acids is 1.